The highest BCUT2D eigenvalue weighted by molar-refractivity contribution is 7.54. The summed E-state index contributed by atoms with van der Waals surface area (Å²) < 4.78 is 27.6. The molecule has 2 aromatic rings. The van der Waals surface area contributed by atoms with E-state index in [1.54, 1.807) is 38.1 Å². The van der Waals surface area contributed by atoms with Crippen molar-refractivity contribution < 1.29 is 22.8 Å². The van der Waals surface area contributed by atoms with Crippen LogP contribution in [-0.2, 0) is 13.6 Å². The lowest BCUT2D eigenvalue weighted by Gasteiger charge is -2.15. The van der Waals surface area contributed by atoms with Crippen LogP contribution in [0.1, 0.15) is 24.2 Å². The van der Waals surface area contributed by atoms with Crippen LogP contribution in [0.15, 0.2) is 39.5 Å². The van der Waals surface area contributed by atoms with E-state index in [0.717, 1.165) is 0 Å². The molecule has 0 unspecified atom stereocenters. The third kappa shape index (κ3) is 3.71. The fraction of sp³-hybridized carbons (Fsp3) is 0.333. The lowest BCUT2D eigenvalue weighted by Crippen LogP contribution is -2.18. The van der Waals surface area contributed by atoms with Gasteiger partial charge in [0.25, 0.3) is 0 Å². The van der Waals surface area contributed by atoms with Gasteiger partial charge in [-0.1, -0.05) is 18.2 Å². The van der Waals surface area contributed by atoms with E-state index >= 15 is 0 Å². The molecule has 1 aromatic heterocycles. The summed E-state index contributed by atoms with van der Waals surface area (Å²) in [5.74, 6) is -0.621. The average Bonchev–Trinajstić information content (AvgIpc) is 2.46. The number of para-hydroxylation sites is 1. The van der Waals surface area contributed by atoms with Crippen LogP contribution >= 0.6 is 7.60 Å². The summed E-state index contributed by atoms with van der Waals surface area (Å²) in [7, 11) is -3.55. The Bertz CT molecular complexity index is 769. The molecule has 0 bridgehead atoms. The SMILES string of the molecule is CCOP(=O)(CC(=O)c1cc2ccccc2oc1=O)OCC. The third-order valence-electron chi connectivity index (χ3n) is 2.93. The van der Waals surface area contributed by atoms with Gasteiger partial charge in [-0.05, 0) is 26.0 Å². The van der Waals surface area contributed by atoms with Crippen molar-refractivity contribution in [3.8, 4) is 0 Å². The van der Waals surface area contributed by atoms with Crippen molar-refractivity contribution in [1.29, 1.82) is 0 Å². The van der Waals surface area contributed by atoms with Crippen molar-refractivity contribution >= 4 is 24.3 Å². The minimum absolute atomic E-state index is 0.150. The predicted octanol–water partition coefficient (Wildman–Crippen LogP) is 3.24. The van der Waals surface area contributed by atoms with Gasteiger partial charge in [0.1, 0.15) is 17.3 Å². The third-order valence-corrected chi connectivity index (χ3v) is 4.91. The smallest absolute Gasteiger partial charge is 0.347 e. The molecule has 2 rings (SSSR count). The topological polar surface area (TPSA) is 82.8 Å². The normalized spacial score (nSPS) is 11.7. The van der Waals surface area contributed by atoms with Crippen molar-refractivity contribution in [2.24, 2.45) is 0 Å². The van der Waals surface area contributed by atoms with Crippen LogP contribution in [0.25, 0.3) is 11.0 Å². The molecule has 6 nitrogen and oxygen atoms in total. The zero-order valence-electron chi connectivity index (χ0n) is 12.4. The van der Waals surface area contributed by atoms with Gasteiger partial charge in [-0.25, -0.2) is 4.79 Å². The molecular formula is C15H17O6P. The molecule has 1 heterocycles. The fourth-order valence-corrected chi connectivity index (χ4v) is 3.61. The van der Waals surface area contributed by atoms with Gasteiger partial charge in [0.2, 0.25) is 0 Å². The summed E-state index contributed by atoms with van der Waals surface area (Å²) in [6.45, 7) is 3.61. The number of carbonyl (C=O) groups excluding carboxylic acids is 1. The van der Waals surface area contributed by atoms with E-state index in [0.29, 0.717) is 11.0 Å². The lowest BCUT2D eigenvalue weighted by atomic mass is 10.1. The van der Waals surface area contributed by atoms with Gasteiger partial charge in [-0.2, -0.15) is 0 Å². The van der Waals surface area contributed by atoms with Crippen LogP contribution < -0.4 is 5.63 Å². The molecule has 0 atom stereocenters. The van der Waals surface area contributed by atoms with Gasteiger partial charge in [0.05, 0.1) is 13.2 Å². The maximum atomic E-state index is 12.4. The highest BCUT2D eigenvalue weighted by atomic mass is 31.2. The van der Waals surface area contributed by atoms with Crippen molar-refractivity contribution in [1.82, 2.24) is 0 Å². The highest BCUT2D eigenvalue weighted by Crippen LogP contribution is 2.48. The van der Waals surface area contributed by atoms with Crippen molar-refractivity contribution in [3.05, 3.63) is 46.3 Å². The summed E-state index contributed by atoms with van der Waals surface area (Å²) in [5.41, 5.74) is -0.525. The van der Waals surface area contributed by atoms with E-state index in [9.17, 15) is 14.2 Å². The molecule has 0 fully saturated rings. The van der Waals surface area contributed by atoms with E-state index in [2.05, 4.69) is 0 Å². The summed E-state index contributed by atoms with van der Waals surface area (Å²) in [4.78, 5) is 24.2. The Morgan fingerprint density at radius 1 is 1.18 bits per heavy atom. The number of benzene rings is 1. The maximum absolute atomic E-state index is 12.4. The Labute approximate surface area is 127 Å². The van der Waals surface area contributed by atoms with E-state index in [-0.39, 0.29) is 18.8 Å². The molecular weight excluding hydrogens is 307 g/mol. The maximum Gasteiger partial charge on any atom is 0.347 e. The first-order valence-corrected chi connectivity index (χ1v) is 8.66. The second-order valence-corrected chi connectivity index (χ2v) is 6.57. The Kier molecular flexibility index (Phi) is 5.29. The quantitative estimate of drug-likeness (QED) is 0.442. The van der Waals surface area contributed by atoms with Crippen molar-refractivity contribution in [2.75, 3.05) is 19.4 Å². The molecule has 0 radical (unpaired) electrons. The summed E-state index contributed by atoms with van der Waals surface area (Å²) in [6, 6.07) is 8.29. The lowest BCUT2D eigenvalue weighted by molar-refractivity contribution is 0.100. The number of ketones is 1. The number of Topliss-reactive ketones (excluding diaryl/α,β-unsaturated/α-hetero) is 1. The van der Waals surface area contributed by atoms with Crippen LogP contribution in [0.4, 0.5) is 0 Å². The number of rotatable bonds is 7. The molecule has 0 spiro atoms. The molecule has 22 heavy (non-hydrogen) atoms. The molecule has 0 N–H and O–H groups in total. The molecule has 0 aliphatic heterocycles. The summed E-state index contributed by atoms with van der Waals surface area (Å²) >= 11 is 0. The predicted molar refractivity (Wildman–Crippen MR) is 82.5 cm³/mol. The molecule has 0 amide bonds. The van der Waals surface area contributed by atoms with Gasteiger partial charge < -0.3 is 13.5 Å². The van der Waals surface area contributed by atoms with E-state index in [4.69, 9.17) is 13.5 Å². The molecule has 1 aromatic carbocycles. The van der Waals surface area contributed by atoms with Gasteiger partial charge in [0, 0.05) is 5.39 Å². The van der Waals surface area contributed by atoms with E-state index < -0.39 is 25.2 Å². The van der Waals surface area contributed by atoms with Crippen LogP contribution in [0.3, 0.4) is 0 Å². The number of hydrogen-bond donors (Lipinski definition) is 0. The van der Waals surface area contributed by atoms with E-state index in [1.807, 2.05) is 0 Å². The Morgan fingerprint density at radius 2 is 1.82 bits per heavy atom. The molecule has 0 aliphatic carbocycles. The standard InChI is InChI=1S/C15H17O6P/c1-3-19-22(18,20-4-2)10-13(16)12-9-11-7-5-6-8-14(11)21-15(12)17/h5-9H,3-4,10H2,1-2H3. The first-order valence-electron chi connectivity index (χ1n) is 6.93. The zero-order chi connectivity index (χ0) is 16.2. The highest BCUT2D eigenvalue weighted by Gasteiger charge is 2.29. The fourth-order valence-electron chi connectivity index (χ4n) is 2.04. The molecule has 0 saturated heterocycles. The number of hydrogen-bond acceptors (Lipinski definition) is 6. The first kappa shape index (κ1) is 16.6. The van der Waals surface area contributed by atoms with Gasteiger partial charge in [-0.3, -0.25) is 9.36 Å². The average molecular weight is 324 g/mol. The summed E-state index contributed by atoms with van der Waals surface area (Å²) in [6.07, 6.45) is -0.488. The molecule has 0 saturated carbocycles. The molecule has 118 valence electrons. The van der Waals surface area contributed by atoms with Crippen LogP contribution in [0.2, 0.25) is 0 Å². The molecule has 0 aliphatic rings. The zero-order valence-corrected chi connectivity index (χ0v) is 13.3. The number of fused-ring (bicyclic) bond motifs is 1. The first-order chi connectivity index (χ1) is 10.5. The minimum atomic E-state index is -3.55. The molecule has 7 heteroatoms. The summed E-state index contributed by atoms with van der Waals surface area (Å²) in [5, 5.41) is 0.619. The second kappa shape index (κ2) is 7.01. The number of carbonyl (C=O) groups is 1. The van der Waals surface area contributed by atoms with Gasteiger partial charge in [-0.15, -0.1) is 0 Å². The van der Waals surface area contributed by atoms with E-state index in [1.165, 1.54) is 6.07 Å². The van der Waals surface area contributed by atoms with Crippen LogP contribution in [0.5, 0.6) is 0 Å². The van der Waals surface area contributed by atoms with Crippen molar-refractivity contribution in [3.63, 3.8) is 0 Å². The monoisotopic (exact) mass is 324 g/mol. The Hall–Kier alpha value is -1.75. The van der Waals surface area contributed by atoms with Crippen LogP contribution in [-0.4, -0.2) is 25.2 Å². The van der Waals surface area contributed by atoms with Crippen molar-refractivity contribution in [2.45, 2.75) is 13.8 Å². The minimum Gasteiger partial charge on any atom is -0.422 e. The Morgan fingerprint density at radius 3 is 2.45 bits per heavy atom. The largest absolute Gasteiger partial charge is 0.422 e. The van der Waals surface area contributed by atoms with Gasteiger partial charge in [0.15, 0.2) is 5.78 Å². The van der Waals surface area contributed by atoms with Crippen LogP contribution in [0, 0.1) is 0 Å². The second-order valence-electron chi connectivity index (χ2n) is 4.51. The Balaban J connectivity index is 2.34. The van der Waals surface area contributed by atoms with Gasteiger partial charge >= 0.3 is 13.2 Å².